The molecule has 1 aliphatic rings. The normalized spacial score (nSPS) is 16.6. The zero-order valence-corrected chi connectivity index (χ0v) is 10.6. The number of benzene rings is 1. The smallest absolute Gasteiger partial charge is 0.168 e. The lowest BCUT2D eigenvalue weighted by Gasteiger charge is -2.26. The van der Waals surface area contributed by atoms with E-state index in [-0.39, 0.29) is 5.75 Å². The molecule has 100 valence electrons. The van der Waals surface area contributed by atoms with Crippen LogP contribution in [0.1, 0.15) is 0 Å². The topological polar surface area (TPSA) is 33.7 Å². The van der Waals surface area contributed by atoms with Crippen molar-refractivity contribution in [2.75, 3.05) is 46.4 Å². The van der Waals surface area contributed by atoms with Gasteiger partial charge >= 0.3 is 0 Å². The van der Waals surface area contributed by atoms with Gasteiger partial charge in [-0.15, -0.1) is 0 Å². The molecule has 1 aromatic carbocycles. The Morgan fingerprint density at radius 1 is 1.33 bits per heavy atom. The summed E-state index contributed by atoms with van der Waals surface area (Å²) in [5.74, 6) is 0.394. The molecule has 2 rings (SSSR count). The van der Waals surface area contributed by atoms with Crippen molar-refractivity contribution < 1.29 is 13.9 Å². The summed E-state index contributed by atoms with van der Waals surface area (Å²) in [4.78, 5) is 2.33. The quantitative estimate of drug-likeness (QED) is 0.853. The second kappa shape index (κ2) is 6.56. The molecule has 0 spiro atoms. The predicted octanol–water partition coefficient (Wildman–Crippen LogP) is 1.12. The van der Waals surface area contributed by atoms with Gasteiger partial charge in [-0.1, -0.05) is 0 Å². The highest BCUT2D eigenvalue weighted by Gasteiger charge is 2.09. The van der Waals surface area contributed by atoms with Crippen molar-refractivity contribution in [3.05, 3.63) is 24.0 Å². The van der Waals surface area contributed by atoms with Gasteiger partial charge in [0.15, 0.2) is 11.6 Å². The number of methoxy groups -OCH3 is 1. The van der Waals surface area contributed by atoms with Crippen LogP contribution in [-0.4, -0.2) is 51.3 Å². The molecule has 0 bridgehead atoms. The molecule has 18 heavy (non-hydrogen) atoms. The van der Waals surface area contributed by atoms with Crippen LogP contribution in [0.4, 0.5) is 4.39 Å². The first-order chi connectivity index (χ1) is 8.79. The summed E-state index contributed by atoms with van der Waals surface area (Å²) < 4.78 is 23.8. The predicted molar refractivity (Wildman–Crippen MR) is 67.8 cm³/mol. The largest absolute Gasteiger partial charge is 0.494 e. The molecule has 1 aromatic rings. The van der Waals surface area contributed by atoms with Crippen molar-refractivity contribution in [2.24, 2.45) is 0 Å². The summed E-state index contributed by atoms with van der Waals surface area (Å²) in [6, 6.07) is 4.66. The monoisotopic (exact) mass is 254 g/mol. The van der Waals surface area contributed by atoms with Crippen LogP contribution in [0.25, 0.3) is 0 Å². The fraction of sp³-hybridized carbons (Fsp3) is 0.538. The van der Waals surface area contributed by atoms with Crippen molar-refractivity contribution in [1.29, 1.82) is 0 Å². The third-order valence-corrected chi connectivity index (χ3v) is 3.01. The lowest BCUT2D eigenvalue weighted by molar-refractivity contribution is 0.191. The lowest BCUT2D eigenvalue weighted by atomic mass is 10.3. The fourth-order valence-corrected chi connectivity index (χ4v) is 1.96. The molecular formula is C13H19FN2O2. The van der Waals surface area contributed by atoms with E-state index in [0.717, 1.165) is 32.7 Å². The highest BCUT2D eigenvalue weighted by Crippen LogP contribution is 2.22. The Hall–Kier alpha value is -1.33. The van der Waals surface area contributed by atoms with E-state index in [4.69, 9.17) is 9.47 Å². The maximum absolute atomic E-state index is 13.4. The third kappa shape index (κ3) is 3.58. The Morgan fingerprint density at radius 3 is 2.78 bits per heavy atom. The van der Waals surface area contributed by atoms with Crippen molar-refractivity contribution >= 4 is 0 Å². The number of nitrogens with zero attached hydrogens (tertiary/aromatic N) is 1. The molecule has 0 saturated carbocycles. The number of piperazine rings is 1. The number of halogens is 1. The van der Waals surface area contributed by atoms with E-state index < -0.39 is 5.82 Å². The molecule has 1 heterocycles. The van der Waals surface area contributed by atoms with Crippen LogP contribution in [0.15, 0.2) is 18.2 Å². The average Bonchev–Trinajstić information content (AvgIpc) is 2.40. The number of hydrogen-bond donors (Lipinski definition) is 1. The molecule has 0 radical (unpaired) electrons. The van der Waals surface area contributed by atoms with Crippen molar-refractivity contribution in [2.45, 2.75) is 0 Å². The third-order valence-electron chi connectivity index (χ3n) is 3.01. The van der Waals surface area contributed by atoms with Gasteiger partial charge in [-0.3, -0.25) is 4.90 Å². The molecule has 1 aliphatic heterocycles. The molecule has 1 saturated heterocycles. The summed E-state index contributed by atoms with van der Waals surface area (Å²) in [6.45, 7) is 5.58. The molecule has 0 amide bonds. The van der Waals surface area contributed by atoms with Crippen molar-refractivity contribution in [1.82, 2.24) is 10.2 Å². The summed E-state index contributed by atoms with van der Waals surface area (Å²) in [5.41, 5.74) is 0. The van der Waals surface area contributed by atoms with Gasteiger partial charge in [-0.2, -0.15) is 0 Å². The minimum Gasteiger partial charge on any atom is -0.494 e. The molecule has 0 unspecified atom stereocenters. The van der Waals surface area contributed by atoms with E-state index in [1.165, 1.54) is 13.2 Å². The highest BCUT2D eigenvalue weighted by atomic mass is 19.1. The van der Waals surface area contributed by atoms with Crippen LogP contribution in [0, 0.1) is 5.82 Å². The number of ether oxygens (including phenoxy) is 2. The summed E-state index contributed by atoms with van der Waals surface area (Å²) in [7, 11) is 1.45. The zero-order valence-electron chi connectivity index (χ0n) is 10.6. The summed E-state index contributed by atoms with van der Waals surface area (Å²) >= 11 is 0. The van der Waals surface area contributed by atoms with Crippen LogP contribution in [-0.2, 0) is 0 Å². The van der Waals surface area contributed by atoms with Crippen LogP contribution in [0.2, 0.25) is 0 Å². The Balaban J connectivity index is 1.77. The molecule has 4 nitrogen and oxygen atoms in total. The van der Waals surface area contributed by atoms with Crippen molar-refractivity contribution in [3.63, 3.8) is 0 Å². The molecule has 0 aliphatic carbocycles. The Bertz CT molecular complexity index is 381. The second-order valence-electron chi connectivity index (χ2n) is 4.24. The minimum atomic E-state index is -0.392. The number of nitrogens with one attached hydrogen (secondary N) is 1. The fourth-order valence-electron chi connectivity index (χ4n) is 1.96. The number of rotatable bonds is 5. The Kier molecular flexibility index (Phi) is 4.78. The molecule has 0 atom stereocenters. The number of hydrogen-bond acceptors (Lipinski definition) is 4. The van der Waals surface area contributed by atoms with Gasteiger partial charge in [-0.25, -0.2) is 4.39 Å². The van der Waals surface area contributed by atoms with Gasteiger partial charge in [0.2, 0.25) is 0 Å². The first kappa shape index (κ1) is 13.1. The van der Waals surface area contributed by atoms with E-state index in [1.54, 1.807) is 12.1 Å². The van der Waals surface area contributed by atoms with E-state index in [1.807, 2.05) is 0 Å². The molecule has 5 heteroatoms. The molecule has 0 aromatic heterocycles. The molecule has 1 fully saturated rings. The SMILES string of the molecule is COc1ccc(OCCN2CCNCC2)cc1F. The van der Waals surface area contributed by atoms with Crippen LogP contribution >= 0.6 is 0 Å². The first-order valence-electron chi connectivity index (χ1n) is 6.19. The van der Waals surface area contributed by atoms with Gasteiger partial charge in [0.05, 0.1) is 7.11 Å². The first-order valence-corrected chi connectivity index (χ1v) is 6.19. The maximum atomic E-state index is 13.4. The van der Waals surface area contributed by atoms with Gasteiger partial charge < -0.3 is 14.8 Å². The standard InChI is InChI=1S/C13H19FN2O2/c1-17-13-3-2-11(10-12(13)14)18-9-8-16-6-4-15-5-7-16/h2-3,10,15H,4-9H2,1H3. The summed E-state index contributed by atoms with van der Waals surface area (Å²) in [6.07, 6.45) is 0. The van der Waals surface area contributed by atoms with Crippen LogP contribution in [0.5, 0.6) is 11.5 Å². The Morgan fingerprint density at radius 2 is 2.11 bits per heavy atom. The van der Waals surface area contributed by atoms with Gasteiger partial charge in [0.1, 0.15) is 12.4 Å². The molecule has 1 N–H and O–H groups in total. The minimum absolute atomic E-state index is 0.240. The zero-order chi connectivity index (χ0) is 12.8. The van der Waals surface area contributed by atoms with Gasteiger partial charge in [0.25, 0.3) is 0 Å². The van der Waals surface area contributed by atoms with Gasteiger partial charge in [0, 0.05) is 38.8 Å². The van der Waals surface area contributed by atoms with Crippen LogP contribution in [0.3, 0.4) is 0 Å². The van der Waals surface area contributed by atoms with E-state index >= 15 is 0 Å². The Labute approximate surface area is 107 Å². The van der Waals surface area contributed by atoms with Gasteiger partial charge in [-0.05, 0) is 12.1 Å². The van der Waals surface area contributed by atoms with Crippen LogP contribution < -0.4 is 14.8 Å². The summed E-state index contributed by atoms with van der Waals surface area (Å²) in [5, 5.41) is 3.30. The maximum Gasteiger partial charge on any atom is 0.168 e. The highest BCUT2D eigenvalue weighted by molar-refractivity contribution is 5.32. The van der Waals surface area contributed by atoms with Crippen molar-refractivity contribution in [3.8, 4) is 11.5 Å². The molecular weight excluding hydrogens is 235 g/mol. The second-order valence-corrected chi connectivity index (χ2v) is 4.24. The lowest BCUT2D eigenvalue weighted by Crippen LogP contribution is -2.44. The average molecular weight is 254 g/mol. The van der Waals surface area contributed by atoms with E-state index in [0.29, 0.717) is 12.4 Å². The van der Waals surface area contributed by atoms with E-state index in [9.17, 15) is 4.39 Å². The van der Waals surface area contributed by atoms with E-state index in [2.05, 4.69) is 10.2 Å².